The highest BCUT2D eigenvalue weighted by molar-refractivity contribution is 5.94. The van der Waals surface area contributed by atoms with Crippen LogP contribution in [0.3, 0.4) is 0 Å². The fraction of sp³-hybridized carbons (Fsp3) is 0.462. The highest BCUT2D eigenvalue weighted by atomic mass is 16.5. The van der Waals surface area contributed by atoms with Gasteiger partial charge in [-0.15, -0.1) is 0 Å². The molecule has 176 valence electrons. The lowest BCUT2D eigenvalue weighted by Crippen LogP contribution is -2.47. The predicted molar refractivity (Wildman–Crippen MR) is 131 cm³/mol. The molecule has 0 spiro atoms. The predicted octanol–water partition coefficient (Wildman–Crippen LogP) is 4.14. The summed E-state index contributed by atoms with van der Waals surface area (Å²) >= 11 is 0. The van der Waals surface area contributed by atoms with Gasteiger partial charge in [-0.2, -0.15) is 0 Å². The Balaban J connectivity index is 1.45. The van der Waals surface area contributed by atoms with E-state index in [-0.39, 0.29) is 5.97 Å². The van der Waals surface area contributed by atoms with Gasteiger partial charge in [-0.05, 0) is 49.7 Å². The summed E-state index contributed by atoms with van der Waals surface area (Å²) in [6.45, 7) is 11.2. The molecule has 0 saturated carbocycles. The molecule has 0 N–H and O–H groups in total. The van der Waals surface area contributed by atoms with Crippen LogP contribution in [0.5, 0.6) is 0 Å². The Kier molecular flexibility index (Phi) is 7.96. The summed E-state index contributed by atoms with van der Waals surface area (Å²) in [5, 5.41) is 0. The van der Waals surface area contributed by atoms with E-state index in [9.17, 15) is 4.79 Å². The van der Waals surface area contributed by atoms with Crippen LogP contribution in [0.4, 0.5) is 5.69 Å². The summed E-state index contributed by atoms with van der Waals surface area (Å²) in [6, 6.07) is 14.1. The van der Waals surface area contributed by atoms with Crippen molar-refractivity contribution in [2.24, 2.45) is 0 Å². The van der Waals surface area contributed by atoms with Crippen LogP contribution >= 0.6 is 0 Å². The van der Waals surface area contributed by atoms with Crippen LogP contribution in [-0.4, -0.2) is 73.0 Å². The Bertz CT molecular complexity index is 1060. The summed E-state index contributed by atoms with van der Waals surface area (Å²) in [4.78, 5) is 21.7. The molecule has 0 radical (unpaired) electrons. The summed E-state index contributed by atoms with van der Waals surface area (Å²) in [5.74, 6) is -0.290. The van der Waals surface area contributed by atoms with Crippen LogP contribution < -0.4 is 4.90 Å². The zero-order chi connectivity index (χ0) is 23.0. The number of fused-ring (bicyclic) bond motifs is 1. The van der Waals surface area contributed by atoms with Gasteiger partial charge in [0.25, 0.3) is 0 Å². The fourth-order valence-electron chi connectivity index (χ4n) is 4.15. The number of benzene rings is 2. The van der Waals surface area contributed by atoms with Crippen molar-refractivity contribution in [3.8, 4) is 5.69 Å². The van der Waals surface area contributed by atoms with Crippen LogP contribution in [0.1, 0.15) is 37.0 Å². The van der Waals surface area contributed by atoms with Gasteiger partial charge in [-0.25, -0.2) is 9.78 Å². The Morgan fingerprint density at radius 3 is 2.61 bits per heavy atom. The standard InChI is InChI=1S/C26H34N4O3/c1-3-5-16-33-26(31)21-9-10-25-24(18-21)27-20-30(25)23-8-6-7-22(19-23)29-13-11-28(12-14-29)15-17-32-4-2/h6-10,18-20H,3-5,11-17H2,1-2H3. The number of hydrogen-bond acceptors (Lipinski definition) is 6. The van der Waals surface area contributed by atoms with Gasteiger partial charge in [-0.1, -0.05) is 19.4 Å². The van der Waals surface area contributed by atoms with Gasteiger partial charge in [0.1, 0.15) is 6.33 Å². The van der Waals surface area contributed by atoms with Crippen LogP contribution in [0.2, 0.25) is 0 Å². The molecule has 7 nitrogen and oxygen atoms in total. The number of aromatic nitrogens is 2. The molecule has 0 unspecified atom stereocenters. The molecule has 0 amide bonds. The maximum atomic E-state index is 12.3. The number of ether oxygens (including phenoxy) is 2. The van der Waals surface area contributed by atoms with Gasteiger partial charge >= 0.3 is 5.97 Å². The van der Waals surface area contributed by atoms with E-state index >= 15 is 0 Å². The van der Waals surface area contributed by atoms with Gasteiger partial charge in [0.15, 0.2) is 0 Å². The average Bonchev–Trinajstić information content (AvgIpc) is 3.28. The number of imidazole rings is 1. The number of rotatable bonds is 10. The first kappa shape index (κ1) is 23.3. The number of hydrogen-bond donors (Lipinski definition) is 0. The van der Waals surface area contributed by atoms with Crippen LogP contribution in [0.25, 0.3) is 16.7 Å². The number of piperazine rings is 1. The number of unbranched alkanes of at least 4 members (excludes halogenated alkanes) is 1. The van der Waals surface area contributed by atoms with Crippen molar-refractivity contribution in [2.45, 2.75) is 26.7 Å². The molecule has 33 heavy (non-hydrogen) atoms. The minimum absolute atomic E-state index is 0.290. The van der Waals surface area contributed by atoms with E-state index in [1.807, 2.05) is 31.5 Å². The zero-order valence-corrected chi connectivity index (χ0v) is 19.7. The number of carbonyl (C=O) groups is 1. The number of carbonyl (C=O) groups excluding carboxylic acids is 1. The Labute approximate surface area is 195 Å². The molecule has 4 rings (SSSR count). The van der Waals surface area contributed by atoms with Crippen molar-refractivity contribution in [1.82, 2.24) is 14.5 Å². The third-order valence-corrected chi connectivity index (χ3v) is 6.12. The monoisotopic (exact) mass is 450 g/mol. The number of anilines is 1. The lowest BCUT2D eigenvalue weighted by molar-refractivity contribution is 0.0500. The molecule has 2 aromatic carbocycles. The molecule has 3 aromatic rings. The Hall–Kier alpha value is -2.90. The van der Waals surface area contributed by atoms with E-state index in [2.05, 4.69) is 50.5 Å². The first-order valence-electron chi connectivity index (χ1n) is 12.0. The number of esters is 1. The lowest BCUT2D eigenvalue weighted by atomic mass is 10.2. The summed E-state index contributed by atoms with van der Waals surface area (Å²) in [7, 11) is 0. The van der Waals surface area contributed by atoms with Crippen molar-refractivity contribution in [2.75, 3.05) is 57.4 Å². The van der Waals surface area contributed by atoms with Crippen LogP contribution in [-0.2, 0) is 9.47 Å². The van der Waals surface area contributed by atoms with Gasteiger partial charge in [0, 0.05) is 50.7 Å². The van der Waals surface area contributed by atoms with E-state index in [0.29, 0.717) is 12.2 Å². The molecular weight excluding hydrogens is 416 g/mol. The first-order valence-corrected chi connectivity index (χ1v) is 12.0. The molecule has 7 heteroatoms. The molecule has 1 saturated heterocycles. The maximum Gasteiger partial charge on any atom is 0.338 e. The van der Waals surface area contributed by atoms with Gasteiger partial charge in [0.2, 0.25) is 0 Å². The number of nitrogens with zero attached hydrogens (tertiary/aromatic N) is 4. The van der Waals surface area contributed by atoms with Crippen molar-refractivity contribution in [1.29, 1.82) is 0 Å². The van der Waals surface area contributed by atoms with E-state index in [1.54, 1.807) is 0 Å². The second kappa shape index (κ2) is 11.3. The molecular formula is C26H34N4O3. The van der Waals surface area contributed by atoms with Gasteiger partial charge in [0.05, 0.1) is 29.8 Å². The van der Waals surface area contributed by atoms with Crippen molar-refractivity contribution < 1.29 is 14.3 Å². The maximum absolute atomic E-state index is 12.3. The van der Waals surface area contributed by atoms with Crippen molar-refractivity contribution in [3.63, 3.8) is 0 Å². The minimum Gasteiger partial charge on any atom is -0.462 e. The second-order valence-corrected chi connectivity index (χ2v) is 8.35. The molecule has 1 aliphatic heterocycles. The molecule has 0 bridgehead atoms. The van der Waals surface area contributed by atoms with E-state index in [4.69, 9.17) is 9.47 Å². The molecule has 2 heterocycles. The summed E-state index contributed by atoms with van der Waals surface area (Å²) in [5.41, 5.74) is 4.58. The van der Waals surface area contributed by atoms with Gasteiger partial charge < -0.3 is 14.4 Å². The SMILES string of the molecule is CCCCOC(=O)c1ccc2c(c1)ncn2-c1cccc(N2CCN(CCOCC)CC2)c1. The van der Waals surface area contributed by atoms with E-state index in [1.165, 1.54) is 5.69 Å². The van der Waals surface area contributed by atoms with Crippen molar-refractivity contribution in [3.05, 3.63) is 54.4 Å². The largest absolute Gasteiger partial charge is 0.462 e. The van der Waals surface area contributed by atoms with Crippen LogP contribution in [0.15, 0.2) is 48.8 Å². The minimum atomic E-state index is -0.290. The Morgan fingerprint density at radius 2 is 1.82 bits per heavy atom. The molecule has 0 aliphatic carbocycles. The molecule has 0 atom stereocenters. The lowest BCUT2D eigenvalue weighted by Gasteiger charge is -2.36. The summed E-state index contributed by atoms with van der Waals surface area (Å²) in [6.07, 6.45) is 3.70. The molecule has 1 fully saturated rings. The first-order chi connectivity index (χ1) is 16.2. The van der Waals surface area contributed by atoms with Crippen LogP contribution in [0, 0.1) is 0 Å². The Morgan fingerprint density at radius 1 is 1.00 bits per heavy atom. The smallest absolute Gasteiger partial charge is 0.338 e. The fourth-order valence-corrected chi connectivity index (χ4v) is 4.15. The average molecular weight is 451 g/mol. The highest BCUT2D eigenvalue weighted by Crippen LogP contribution is 2.24. The van der Waals surface area contributed by atoms with E-state index in [0.717, 1.165) is 75.5 Å². The second-order valence-electron chi connectivity index (χ2n) is 8.35. The topological polar surface area (TPSA) is 59.8 Å². The third-order valence-electron chi connectivity index (χ3n) is 6.12. The van der Waals surface area contributed by atoms with E-state index < -0.39 is 0 Å². The zero-order valence-electron chi connectivity index (χ0n) is 19.7. The van der Waals surface area contributed by atoms with Gasteiger partial charge in [-0.3, -0.25) is 9.47 Å². The molecule has 1 aliphatic rings. The quantitative estimate of drug-likeness (QED) is 0.342. The molecule has 1 aromatic heterocycles. The summed E-state index contributed by atoms with van der Waals surface area (Å²) < 4.78 is 12.9. The van der Waals surface area contributed by atoms with Crippen molar-refractivity contribution >= 4 is 22.7 Å². The third kappa shape index (κ3) is 5.72. The highest BCUT2D eigenvalue weighted by Gasteiger charge is 2.18. The normalized spacial score (nSPS) is 14.7.